The van der Waals surface area contributed by atoms with Gasteiger partial charge in [-0.3, -0.25) is 4.79 Å². The van der Waals surface area contributed by atoms with Gasteiger partial charge in [0, 0.05) is 19.2 Å². The van der Waals surface area contributed by atoms with Crippen molar-refractivity contribution in [2.24, 2.45) is 0 Å². The second-order valence-corrected chi connectivity index (χ2v) is 4.56. The third-order valence-electron chi connectivity index (χ3n) is 3.26. The molecule has 0 radical (unpaired) electrons. The molecule has 0 saturated heterocycles. The lowest BCUT2D eigenvalue weighted by atomic mass is 10.0. The lowest BCUT2D eigenvalue weighted by Gasteiger charge is -2.16. The van der Waals surface area contributed by atoms with E-state index in [2.05, 4.69) is 10.1 Å². The van der Waals surface area contributed by atoms with Crippen molar-refractivity contribution < 1.29 is 14.4 Å². The van der Waals surface area contributed by atoms with Gasteiger partial charge in [0.1, 0.15) is 5.92 Å². The van der Waals surface area contributed by atoms with Crippen LogP contribution in [0.2, 0.25) is 0 Å². The SMILES string of the molecule is Cc1nc(CN2CC(C(=O)O)c3ccccc32)no1. The fourth-order valence-electron chi connectivity index (χ4n) is 2.42. The van der Waals surface area contributed by atoms with Gasteiger partial charge in [0.05, 0.1) is 6.54 Å². The molecule has 1 aliphatic heterocycles. The number of rotatable bonds is 3. The van der Waals surface area contributed by atoms with Crippen LogP contribution in [0.25, 0.3) is 0 Å². The zero-order chi connectivity index (χ0) is 13.4. The molecular weight excluding hydrogens is 246 g/mol. The molecule has 0 saturated carbocycles. The zero-order valence-electron chi connectivity index (χ0n) is 10.4. The van der Waals surface area contributed by atoms with E-state index in [0.29, 0.717) is 24.8 Å². The molecule has 1 aliphatic rings. The van der Waals surface area contributed by atoms with Crippen molar-refractivity contribution >= 4 is 11.7 Å². The highest BCUT2D eigenvalue weighted by molar-refractivity contribution is 5.82. The van der Waals surface area contributed by atoms with Crippen LogP contribution in [-0.4, -0.2) is 27.8 Å². The molecule has 1 atom stereocenters. The standard InChI is InChI=1S/C13H13N3O3/c1-8-14-12(15-19-8)7-16-6-10(13(17)18)9-4-2-3-5-11(9)16/h2-5,10H,6-7H2,1H3,(H,17,18). The fourth-order valence-corrected chi connectivity index (χ4v) is 2.42. The third-order valence-corrected chi connectivity index (χ3v) is 3.26. The van der Waals surface area contributed by atoms with E-state index in [1.54, 1.807) is 6.92 Å². The number of carbonyl (C=O) groups is 1. The van der Waals surface area contributed by atoms with Gasteiger partial charge in [-0.1, -0.05) is 23.4 Å². The number of hydrogen-bond acceptors (Lipinski definition) is 5. The predicted molar refractivity (Wildman–Crippen MR) is 66.9 cm³/mol. The molecule has 0 fully saturated rings. The maximum absolute atomic E-state index is 11.3. The summed E-state index contributed by atoms with van der Waals surface area (Å²) in [5.41, 5.74) is 1.77. The fraction of sp³-hybridized carbons (Fsp3) is 0.308. The Balaban J connectivity index is 1.90. The van der Waals surface area contributed by atoms with E-state index >= 15 is 0 Å². The van der Waals surface area contributed by atoms with E-state index in [-0.39, 0.29) is 0 Å². The number of nitrogens with zero attached hydrogens (tertiary/aromatic N) is 3. The number of benzene rings is 1. The number of carboxylic acid groups (broad SMARTS) is 1. The molecule has 1 unspecified atom stereocenters. The first-order chi connectivity index (χ1) is 9.15. The Labute approximate surface area is 109 Å². The Morgan fingerprint density at radius 3 is 3.00 bits per heavy atom. The number of anilines is 1. The average molecular weight is 259 g/mol. The molecule has 1 N–H and O–H groups in total. The number of hydrogen-bond donors (Lipinski definition) is 1. The van der Waals surface area contributed by atoms with Crippen LogP contribution in [0.5, 0.6) is 0 Å². The third kappa shape index (κ3) is 2.05. The zero-order valence-corrected chi connectivity index (χ0v) is 10.4. The van der Waals surface area contributed by atoms with Crippen molar-refractivity contribution in [3.8, 4) is 0 Å². The van der Waals surface area contributed by atoms with Crippen LogP contribution in [0.4, 0.5) is 5.69 Å². The molecule has 0 spiro atoms. The normalized spacial score (nSPS) is 17.5. The molecule has 2 heterocycles. The molecule has 6 nitrogen and oxygen atoms in total. The molecule has 6 heteroatoms. The van der Waals surface area contributed by atoms with E-state index in [0.717, 1.165) is 11.3 Å². The minimum Gasteiger partial charge on any atom is -0.481 e. The monoisotopic (exact) mass is 259 g/mol. The minimum absolute atomic E-state index is 0.433. The summed E-state index contributed by atoms with van der Waals surface area (Å²) < 4.78 is 4.93. The summed E-state index contributed by atoms with van der Waals surface area (Å²) in [5, 5.41) is 13.1. The Bertz CT molecular complexity index is 623. The number of aromatic nitrogens is 2. The van der Waals surface area contributed by atoms with E-state index in [4.69, 9.17) is 4.52 Å². The smallest absolute Gasteiger partial charge is 0.312 e. The van der Waals surface area contributed by atoms with Crippen LogP contribution < -0.4 is 4.90 Å². The molecule has 1 aromatic carbocycles. The number of aliphatic carboxylic acids is 1. The molecule has 1 aromatic heterocycles. The summed E-state index contributed by atoms with van der Waals surface area (Å²) in [5.74, 6) is -0.223. The number of fused-ring (bicyclic) bond motifs is 1. The number of para-hydroxylation sites is 1. The largest absolute Gasteiger partial charge is 0.481 e. The van der Waals surface area contributed by atoms with Crippen LogP contribution in [0.15, 0.2) is 28.8 Å². The van der Waals surface area contributed by atoms with E-state index in [9.17, 15) is 9.90 Å². The van der Waals surface area contributed by atoms with Gasteiger partial charge in [0.2, 0.25) is 5.89 Å². The summed E-state index contributed by atoms with van der Waals surface area (Å²) >= 11 is 0. The first-order valence-corrected chi connectivity index (χ1v) is 6.01. The molecule has 19 heavy (non-hydrogen) atoms. The topological polar surface area (TPSA) is 79.5 Å². The van der Waals surface area contributed by atoms with Gasteiger partial charge in [-0.05, 0) is 11.6 Å². The molecule has 98 valence electrons. The van der Waals surface area contributed by atoms with Crippen LogP contribution in [0, 0.1) is 6.92 Å². The summed E-state index contributed by atoms with van der Waals surface area (Å²) in [4.78, 5) is 17.4. The van der Waals surface area contributed by atoms with Crippen LogP contribution in [-0.2, 0) is 11.3 Å². The number of carboxylic acids is 1. The van der Waals surface area contributed by atoms with Crippen molar-refractivity contribution in [2.75, 3.05) is 11.4 Å². The summed E-state index contributed by atoms with van der Waals surface area (Å²) in [7, 11) is 0. The molecule has 3 rings (SSSR count). The molecule has 0 bridgehead atoms. The summed E-state index contributed by atoms with van der Waals surface area (Å²) in [6.45, 7) is 2.62. The Kier molecular flexibility index (Phi) is 2.70. The van der Waals surface area contributed by atoms with E-state index < -0.39 is 11.9 Å². The van der Waals surface area contributed by atoms with Crippen molar-refractivity contribution in [2.45, 2.75) is 19.4 Å². The van der Waals surface area contributed by atoms with Gasteiger partial charge < -0.3 is 14.5 Å². The second kappa shape index (κ2) is 4.38. The Morgan fingerprint density at radius 1 is 1.53 bits per heavy atom. The van der Waals surface area contributed by atoms with Crippen molar-refractivity contribution in [3.63, 3.8) is 0 Å². The number of aryl methyl sites for hydroxylation is 1. The van der Waals surface area contributed by atoms with Crippen molar-refractivity contribution in [1.82, 2.24) is 10.1 Å². The van der Waals surface area contributed by atoms with E-state index in [1.807, 2.05) is 29.2 Å². The summed E-state index contributed by atoms with van der Waals surface area (Å²) in [6.07, 6.45) is 0. The van der Waals surface area contributed by atoms with Gasteiger partial charge in [-0.15, -0.1) is 0 Å². The molecule has 0 aliphatic carbocycles. The van der Waals surface area contributed by atoms with Gasteiger partial charge >= 0.3 is 5.97 Å². The Hall–Kier alpha value is -2.37. The highest BCUT2D eigenvalue weighted by atomic mass is 16.5. The lowest BCUT2D eigenvalue weighted by Crippen LogP contribution is -2.24. The molecule has 0 amide bonds. The van der Waals surface area contributed by atoms with Gasteiger partial charge in [-0.25, -0.2) is 0 Å². The van der Waals surface area contributed by atoms with Crippen molar-refractivity contribution in [1.29, 1.82) is 0 Å². The molecule has 2 aromatic rings. The minimum atomic E-state index is -0.806. The molecular formula is C13H13N3O3. The Morgan fingerprint density at radius 2 is 2.32 bits per heavy atom. The van der Waals surface area contributed by atoms with Crippen molar-refractivity contribution in [3.05, 3.63) is 41.5 Å². The van der Waals surface area contributed by atoms with Gasteiger partial charge in [0.25, 0.3) is 0 Å². The maximum atomic E-state index is 11.3. The quantitative estimate of drug-likeness (QED) is 0.901. The highest BCUT2D eigenvalue weighted by Gasteiger charge is 2.33. The van der Waals surface area contributed by atoms with Gasteiger partial charge in [0.15, 0.2) is 5.82 Å². The van der Waals surface area contributed by atoms with Gasteiger partial charge in [-0.2, -0.15) is 4.98 Å². The highest BCUT2D eigenvalue weighted by Crippen LogP contribution is 2.36. The first-order valence-electron chi connectivity index (χ1n) is 6.01. The lowest BCUT2D eigenvalue weighted by molar-refractivity contribution is -0.138. The summed E-state index contributed by atoms with van der Waals surface area (Å²) in [6, 6.07) is 7.54. The second-order valence-electron chi connectivity index (χ2n) is 4.56. The van der Waals surface area contributed by atoms with Crippen LogP contribution in [0.3, 0.4) is 0 Å². The average Bonchev–Trinajstić information content (AvgIpc) is 2.95. The van der Waals surface area contributed by atoms with Crippen LogP contribution >= 0.6 is 0 Å². The van der Waals surface area contributed by atoms with Crippen LogP contribution in [0.1, 0.15) is 23.2 Å². The predicted octanol–water partition coefficient (Wildman–Crippen LogP) is 1.57. The first kappa shape index (κ1) is 11.7. The van der Waals surface area contributed by atoms with E-state index in [1.165, 1.54) is 0 Å². The maximum Gasteiger partial charge on any atom is 0.312 e.